The lowest BCUT2D eigenvalue weighted by molar-refractivity contribution is -0.142. The van der Waals surface area contributed by atoms with Crippen molar-refractivity contribution in [3.63, 3.8) is 0 Å². The van der Waals surface area contributed by atoms with Crippen molar-refractivity contribution in [2.45, 2.75) is 133 Å². The van der Waals surface area contributed by atoms with Crippen molar-refractivity contribution in [2.24, 2.45) is 10.7 Å². The fourth-order valence-corrected chi connectivity index (χ4v) is 6.95. The number of likely N-dealkylation sites (tertiary alicyclic amines) is 1. The van der Waals surface area contributed by atoms with E-state index >= 15 is 0 Å². The number of hydrogen-bond acceptors (Lipinski definition) is 15. The second kappa shape index (κ2) is 27.1. The monoisotopic (exact) mass is 915 g/mol. The van der Waals surface area contributed by atoms with Crippen molar-refractivity contribution >= 4 is 72.4 Å². The summed E-state index contributed by atoms with van der Waals surface area (Å²) in [6.45, 7) is 3.85. The molecule has 0 saturated carbocycles. The molecule has 0 radical (unpaired) electrons. The number of hydrazine groups is 1. The summed E-state index contributed by atoms with van der Waals surface area (Å²) in [5, 5.41) is 53.3. The molecular formula is C40H62BN11O13. The molecule has 358 valence electrons. The number of hydrogen-bond donors (Lipinski definition) is 13. The van der Waals surface area contributed by atoms with Crippen LogP contribution >= 0.6 is 0 Å². The molecule has 2 aliphatic rings. The Hall–Kier alpha value is -6.34. The normalized spacial score (nSPS) is 17.5. The van der Waals surface area contributed by atoms with E-state index in [0.717, 1.165) is 0 Å². The molecule has 3 rings (SSSR count). The summed E-state index contributed by atoms with van der Waals surface area (Å²) in [6, 6.07) is -0.250. The first-order valence-corrected chi connectivity index (χ1v) is 21.6. The molecule has 65 heavy (non-hydrogen) atoms. The maximum absolute atomic E-state index is 13.3. The van der Waals surface area contributed by atoms with Crippen molar-refractivity contribution in [3.8, 4) is 0 Å². The largest absolute Gasteiger partial charge is 0.481 e. The van der Waals surface area contributed by atoms with Gasteiger partial charge in [-0.3, -0.25) is 54.2 Å². The van der Waals surface area contributed by atoms with E-state index in [9.17, 15) is 58.3 Å². The van der Waals surface area contributed by atoms with Crippen molar-refractivity contribution in [2.75, 3.05) is 25.1 Å². The quantitative estimate of drug-likeness (QED) is 0.0230. The van der Waals surface area contributed by atoms with Crippen LogP contribution in [-0.4, -0.2) is 154 Å². The highest BCUT2D eigenvalue weighted by molar-refractivity contribution is 6.43. The second-order valence-electron chi connectivity index (χ2n) is 16.0. The van der Waals surface area contributed by atoms with E-state index < -0.39 is 97.2 Å². The highest BCUT2D eigenvalue weighted by atomic mass is 16.4. The third-order valence-corrected chi connectivity index (χ3v) is 10.7. The SMILES string of the molecule is C[C@H](NC(=O)[C@@H](N)CC(=O)O)C(=O)N[C@@H](CC1CNC=N1)C(=O)N[C@@H](CCCCNC(=O)CCCCCC(=O)NNc1ccc(C(=O)N[C@H](C)C(=O)N2CCC[C@H]2B(O)O)cc1)C(=O)O. The molecule has 0 aliphatic carbocycles. The summed E-state index contributed by atoms with van der Waals surface area (Å²) in [7, 11) is -1.66. The maximum Gasteiger partial charge on any atom is 0.475 e. The van der Waals surface area contributed by atoms with Gasteiger partial charge in [-0.2, -0.15) is 0 Å². The third kappa shape index (κ3) is 18.7. The molecule has 7 atom stereocenters. The number of nitrogens with two attached hydrogens (primary N) is 1. The zero-order valence-corrected chi connectivity index (χ0v) is 36.5. The Bertz CT molecular complexity index is 1860. The number of amides is 7. The van der Waals surface area contributed by atoms with Crippen LogP contribution in [-0.2, 0) is 38.4 Å². The van der Waals surface area contributed by atoms with Gasteiger partial charge in [-0.1, -0.05) is 6.42 Å². The summed E-state index contributed by atoms with van der Waals surface area (Å²) in [5.74, 6) is -7.17. The van der Waals surface area contributed by atoms with Gasteiger partial charge in [-0.05, 0) is 83.1 Å². The number of rotatable bonds is 28. The number of carbonyl (C=O) groups excluding carboxylic acids is 7. The van der Waals surface area contributed by atoms with E-state index in [1.807, 2.05) is 0 Å². The van der Waals surface area contributed by atoms with Crippen LogP contribution in [0.5, 0.6) is 0 Å². The number of aliphatic imine (C=N–C) groups is 1. The summed E-state index contributed by atoms with van der Waals surface area (Å²) in [6.07, 6.45) is 4.71. The van der Waals surface area contributed by atoms with E-state index in [2.05, 4.69) is 47.7 Å². The van der Waals surface area contributed by atoms with Crippen LogP contribution in [0.15, 0.2) is 29.3 Å². The Morgan fingerprint density at radius 3 is 2.14 bits per heavy atom. The highest BCUT2D eigenvalue weighted by Gasteiger charge is 2.38. The molecule has 1 unspecified atom stereocenters. The highest BCUT2D eigenvalue weighted by Crippen LogP contribution is 2.19. The molecule has 2 heterocycles. The zero-order valence-electron chi connectivity index (χ0n) is 36.5. The Balaban J connectivity index is 1.30. The van der Waals surface area contributed by atoms with Crippen molar-refractivity contribution in [1.82, 2.24) is 42.2 Å². The molecule has 2 aliphatic heterocycles. The third-order valence-electron chi connectivity index (χ3n) is 10.7. The molecule has 14 N–H and O–H groups in total. The lowest BCUT2D eigenvalue weighted by Gasteiger charge is -2.27. The molecule has 24 nitrogen and oxygen atoms in total. The fourth-order valence-electron chi connectivity index (χ4n) is 6.95. The number of anilines is 1. The van der Waals surface area contributed by atoms with Gasteiger partial charge < -0.3 is 62.8 Å². The van der Waals surface area contributed by atoms with Crippen LogP contribution in [0.4, 0.5) is 5.69 Å². The van der Waals surface area contributed by atoms with Gasteiger partial charge in [-0.25, -0.2) is 4.79 Å². The van der Waals surface area contributed by atoms with Crippen LogP contribution in [0, 0.1) is 0 Å². The summed E-state index contributed by atoms with van der Waals surface area (Å²) in [4.78, 5) is 117. The molecule has 1 aromatic rings. The Labute approximate surface area is 376 Å². The number of nitrogens with one attached hydrogen (secondary N) is 8. The number of nitrogens with zero attached hydrogens (tertiary/aromatic N) is 2. The number of aliphatic carboxylic acids is 2. The van der Waals surface area contributed by atoms with Crippen LogP contribution in [0.2, 0.25) is 0 Å². The Morgan fingerprint density at radius 1 is 0.831 bits per heavy atom. The standard InChI is InChI=1S/C40H62BN11O13/c1-23(46-37(59)28(42)20-34(55)56)35(57)49-30(19-27-21-43-22-45-27)38(60)48-29(40(62)63)9-6-7-17-44-32(53)11-4-3-5-12-33(54)51-50-26-15-13-25(14-16-26)36(58)47-24(2)39(61)52-18-8-10-31(52)41(64)65/h13-16,22-24,27-31,50,64-65H,3-12,17-21,42H2,1-2H3,(H,43,45)(H,44,53)(H,46,59)(H,47,58)(H,48,60)(H,49,57)(H,51,54)(H,55,56)(H,62,63)/t23-,24+,27?,28-,29-,30-,31-/m0/s1. The summed E-state index contributed by atoms with van der Waals surface area (Å²) in [5.41, 5.74) is 11.7. The molecule has 0 aromatic heterocycles. The summed E-state index contributed by atoms with van der Waals surface area (Å²) < 4.78 is 0. The Kier molecular flexibility index (Phi) is 22.1. The van der Waals surface area contributed by atoms with Crippen LogP contribution in [0.25, 0.3) is 0 Å². The molecule has 1 saturated heterocycles. The van der Waals surface area contributed by atoms with Gasteiger partial charge >= 0.3 is 19.1 Å². The van der Waals surface area contributed by atoms with Crippen LogP contribution < -0.4 is 48.5 Å². The van der Waals surface area contributed by atoms with Crippen molar-refractivity contribution in [1.29, 1.82) is 0 Å². The lowest BCUT2D eigenvalue weighted by Crippen LogP contribution is -2.57. The zero-order chi connectivity index (χ0) is 48.1. The van der Waals surface area contributed by atoms with Gasteiger partial charge in [0.2, 0.25) is 35.4 Å². The van der Waals surface area contributed by atoms with Crippen molar-refractivity contribution < 1.29 is 63.4 Å². The van der Waals surface area contributed by atoms with E-state index in [1.54, 1.807) is 12.1 Å². The molecule has 0 bridgehead atoms. The van der Waals surface area contributed by atoms with Gasteiger partial charge in [0.15, 0.2) is 0 Å². The first-order chi connectivity index (χ1) is 30.9. The summed E-state index contributed by atoms with van der Waals surface area (Å²) >= 11 is 0. The minimum atomic E-state index is -1.66. The molecular weight excluding hydrogens is 853 g/mol. The van der Waals surface area contributed by atoms with Gasteiger partial charge in [0.25, 0.3) is 5.91 Å². The number of benzene rings is 1. The predicted molar refractivity (Wildman–Crippen MR) is 234 cm³/mol. The minimum absolute atomic E-state index is 0.0116. The second-order valence-corrected chi connectivity index (χ2v) is 16.0. The Morgan fingerprint density at radius 2 is 1.51 bits per heavy atom. The molecule has 1 fully saturated rings. The smallest absolute Gasteiger partial charge is 0.475 e. The van der Waals surface area contributed by atoms with Crippen molar-refractivity contribution in [3.05, 3.63) is 29.8 Å². The topological polar surface area (TPSA) is 372 Å². The average molecular weight is 916 g/mol. The van der Waals surface area contributed by atoms with Crippen LogP contribution in [0.3, 0.4) is 0 Å². The van der Waals surface area contributed by atoms with Gasteiger partial charge in [0.1, 0.15) is 24.2 Å². The lowest BCUT2D eigenvalue weighted by atomic mass is 9.78. The van der Waals surface area contributed by atoms with E-state index in [4.69, 9.17) is 10.8 Å². The van der Waals surface area contributed by atoms with Gasteiger partial charge in [0, 0.05) is 44.5 Å². The van der Waals surface area contributed by atoms with E-state index in [1.165, 1.54) is 37.2 Å². The van der Waals surface area contributed by atoms with E-state index in [-0.39, 0.29) is 49.6 Å². The predicted octanol–water partition coefficient (Wildman–Crippen LogP) is -2.76. The average Bonchev–Trinajstić information content (AvgIpc) is 3.97. The number of unbranched alkanes of at least 4 members (excludes halogenated alkanes) is 3. The van der Waals surface area contributed by atoms with Gasteiger partial charge in [0.05, 0.1) is 36.5 Å². The molecule has 0 spiro atoms. The van der Waals surface area contributed by atoms with Crippen LogP contribution in [0.1, 0.15) is 101 Å². The molecule has 7 amide bonds. The maximum atomic E-state index is 13.3. The molecule has 1 aromatic carbocycles. The number of carbonyl (C=O) groups is 9. The number of carboxylic acid groups (broad SMARTS) is 2. The first-order valence-electron chi connectivity index (χ1n) is 21.6. The minimum Gasteiger partial charge on any atom is -0.481 e. The van der Waals surface area contributed by atoms with E-state index in [0.29, 0.717) is 63.7 Å². The van der Waals surface area contributed by atoms with Gasteiger partial charge in [-0.15, -0.1) is 0 Å². The molecule has 25 heteroatoms. The fraction of sp³-hybridized carbons (Fsp3) is 0.600. The first kappa shape index (κ1) is 53.0. The number of carboxylic acids is 2.